The number of rotatable bonds is 5. The SMILES string of the molecule is COc1ccncc1CCCN1CCNCC1.Cl.Cl. The van der Waals surface area contributed by atoms with Crippen LogP contribution < -0.4 is 10.1 Å². The van der Waals surface area contributed by atoms with Crippen LogP contribution in [0.3, 0.4) is 0 Å². The summed E-state index contributed by atoms with van der Waals surface area (Å²) in [6, 6.07) is 1.93. The molecule has 0 amide bonds. The Kier molecular flexibility index (Phi) is 9.97. The van der Waals surface area contributed by atoms with E-state index < -0.39 is 0 Å². The zero-order chi connectivity index (χ0) is 11.9. The summed E-state index contributed by atoms with van der Waals surface area (Å²) in [6.45, 7) is 5.75. The van der Waals surface area contributed by atoms with Gasteiger partial charge in [-0.2, -0.15) is 0 Å². The van der Waals surface area contributed by atoms with Crippen LogP contribution in [0.25, 0.3) is 0 Å². The highest BCUT2D eigenvalue weighted by Gasteiger charge is 2.09. The number of methoxy groups -OCH3 is 1. The predicted molar refractivity (Wildman–Crippen MR) is 82.9 cm³/mol. The average Bonchev–Trinajstić information content (AvgIpc) is 2.40. The quantitative estimate of drug-likeness (QED) is 0.900. The van der Waals surface area contributed by atoms with E-state index in [2.05, 4.69) is 15.2 Å². The minimum Gasteiger partial charge on any atom is -0.496 e. The van der Waals surface area contributed by atoms with Crippen molar-refractivity contribution in [2.24, 2.45) is 0 Å². The van der Waals surface area contributed by atoms with Gasteiger partial charge >= 0.3 is 0 Å². The molecule has 1 aliphatic heterocycles. The lowest BCUT2D eigenvalue weighted by atomic mass is 10.1. The van der Waals surface area contributed by atoms with Gasteiger partial charge in [-0.15, -0.1) is 24.8 Å². The fourth-order valence-electron chi connectivity index (χ4n) is 2.23. The summed E-state index contributed by atoms with van der Waals surface area (Å²) in [7, 11) is 1.72. The molecule has 1 saturated heterocycles. The highest BCUT2D eigenvalue weighted by atomic mass is 35.5. The Morgan fingerprint density at radius 3 is 2.74 bits per heavy atom. The van der Waals surface area contributed by atoms with Gasteiger partial charge in [0.15, 0.2) is 0 Å². The van der Waals surface area contributed by atoms with E-state index in [0.717, 1.165) is 25.3 Å². The van der Waals surface area contributed by atoms with E-state index in [4.69, 9.17) is 4.74 Å². The summed E-state index contributed by atoms with van der Waals surface area (Å²) in [6.07, 6.45) is 5.90. The molecule has 1 aromatic rings. The molecule has 1 N–H and O–H groups in total. The van der Waals surface area contributed by atoms with Gasteiger partial charge in [-0.1, -0.05) is 0 Å². The van der Waals surface area contributed by atoms with Crippen molar-refractivity contribution >= 4 is 24.8 Å². The van der Waals surface area contributed by atoms with Crippen molar-refractivity contribution in [1.82, 2.24) is 15.2 Å². The zero-order valence-corrected chi connectivity index (χ0v) is 12.9. The Labute approximate surface area is 127 Å². The van der Waals surface area contributed by atoms with Crippen molar-refractivity contribution in [3.8, 4) is 5.75 Å². The predicted octanol–water partition coefficient (Wildman–Crippen LogP) is 1.77. The molecule has 0 saturated carbocycles. The van der Waals surface area contributed by atoms with Crippen LogP contribution in [0.2, 0.25) is 0 Å². The number of aromatic nitrogens is 1. The largest absolute Gasteiger partial charge is 0.496 e. The van der Waals surface area contributed by atoms with E-state index in [9.17, 15) is 0 Å². The maximum absolute atomic E-state index is 5.32. The summed E-state index contributed by atoms with van der Waals surface area (Å²) < 4.78 is 5.32. The molecule has 0 atom stereocenters. The molecule has 6 heteroatoms. The number of ether oxygens (including phenoxy) is 1. The third-order valence-electron chi connectivity index (χ3n) is 3.21. The molecule has 1 fully saturated rings. The van der Waals surface area contributed by atoms with E-state index >= 15 is 0 Å². The first-order chi connectivity index (χ1) is 8.40. The topological polar surface area (TPSA) is 37.4 Å². The van der Waals surface area contributed by atoms with Crippen LogP contribution in [0.15, 0.2) is 18.5 Å². The molecule has 1 aromatic heterocycles. The van der Waals surface area contributed by atoms with Gasteiger partial charge in [0, 0.05) is 44.1 Å². The molecular formula is C13H23Cl2N3O. The van der Waals surface area contributed by atoms with Crippen LogP contribution in [0.5, 0.6) is 5.75 Å². The molecule has 4 nitrogen and oxygen atoms in total. The molecule has 0 spiro atoms. The van der Waals surface area contributed by atoms with Crippen molar-refractivity contribution in [2.75, 3.05) is 39.8 Å². The lowest BCUT2D eigenvalue weighted by molar-refractivity contribution is 0.238. The summed E-state index contributed by atoms with van der Waals surface area (Å²) in [5.41, 5.74) is 1.21. The van der Waals surface area contributed by atoms with Crippen LogP contribution in [-0.2, 0) is 6.42 Å². The Hall–Kier alpha value is -0.550. The summed E-state index contributed by atoms with van der Waals surface area (Å²) in [5, 5.41) is 3.37. The standard InChI is InChI=1S/C13H21N3O.2ClH/c1-17-13-4-5-15-11-12(13)3-2-8-16-9-6-14-7-10-16;;/h4-5,11,14H,2-3,6-10H2,1H3;2*1H. The highest BCUT2D eigenvalue weighted by molar-refractivity contribution is 5.85. The third-order valence-corrected chi connectivity index (χ3v) is 3.21. The van der Waals surface area contributed by atoms with Gasteiger partial charge in [-0.3, -0.25) is 4.98 Å². The second-order valence-electron chi connectivity index (χ2n) is 4.38. The molecule has 1 aliphatic rings. The van der Waals surface area contributed by atoms with Crippen LogP contribution in [0.1, 0.15) is 12.0 Å². The first-order valence-electron chi connectivity index (χ1n) is 6.30. The Morgan fingerprint density at radius 1 is 1.32 bits per heavy atom. The summed E-state index contributed by atoms with van der Waals surface area (Å²) in [5.74, 6) is 0.959. The number of aryl methyl sites for hydroxylation is 1. The van der Waals surface area contributed by atoms with Gasteiger partial charge in [0.1, 0.15) is 5.75 Å². The smallest absolute Gasteiger partial charge is 0.125 e. The fourth-order valence-corrected chi connectivity index (χ4v) is 2.23. The second-order valence-corrected chi connectivity index (χ2v) is 4.38. The molecule has 2 rings (SSSR count). The zero-order valence-electron chi connectivity index (χ0n) is 11.3. The lowest BCUT2D eigenvalue weighted by Gasteiger charge is -2.27. The van der Waals surface area contributed by atoms with Gasteiger partial charge in [0.25, 0.3) is 0 Å². The number of pyridine rings is 1. The minimum atomic E-state index is 0. The maximum atomic E-state index is 5.32. The number of nitrogens with one attached hydrogen (secondary N) is 1. The molecule has 0 radical (unpaired) electrons. The van der Waals surface area contributed by atoms with Gasteiger partial charge in [-0.25, -0.2) is 0 Å². The summed E-state index contributed by atoms with van der Waals surface area (Å²) in [4.78, 5) is 6.67. The fraction of sp³-hybridized carbons (Fsp3) is 0.615. The number of piperazine rings is 1. The van der Waals surface area contributed by atoms with Crippen LogP contribution in [-0.4, -0.2) is 49.7 Å². The van der Waals surface area contributed by atoms with Gasteiger partial charge < -0.3 is 15.0 Å². The van der Waals surface area contributed by atoms with Crippen molar-refractivity contribution in [1.29, 1.82) is 0 Å². The third kappa shape index (κ3) is 5.95. The Balaban J connectivity index is 0.00000162. The normalized spacial score (nSPS) is 15.2. The lowest BCUT2D eigenvalue weighted by Crippen LogP contribution is -2.43. The average molecular weight is 308 g/mol. The molecule has 2 heterocycles. The second kappa shape index (κ2) is 10.3. The molecule has 0 aliphatic carbocycles. The van der Waals surface area contributed by atoms with Gasteiger partial charge in [-0.05, 0) is 25.5 Å². The van der Waals surface area contributed by atoms with E-state index in [0.29, 0.717) is 0 Å². The van der Waals surface area contributed by atoms with E-state index in [1.54, 1.807) is 13.3 Å². The summed E-state index contributed by atoms with van der Waals surface area (Å²) >= 11 is 0. The molecule has 0 bridgehead atoms. The molecule has 0 aromatic carbocycles. The van der Waals surface area contributed by atoms with E-state index in [-0.39, 0.29) is 24.8 Å². The number of nitrogens with zero attached hydrogens (tertiary/aromatic N) is 2. The highest BCUT2D eigenvalue weighted by Crippen LogP contribution is 2.17. The number of hydrogen-bond acceptors (Lipinski definition) is 4. The first-order valence-corrected chi connectivity index (χ1v) is 6.30. The minimum absolute atomic E-state index is 0. The maximum Gasteiger partial charge on any atom is 0.125 e. The van der Waals surface area contributed by atoms with Crippen molar-refractivity contribution in [3.05, 3.63) is 24.0 Å². The number of halogens is 2. The monoisotopic (exact) mass is 307 g/mol. The number of hydrogen-bond donors (Lipinski definition) is 1. The van der Waals surface area contributed by atoms with Gasteiger partial charge in [0.05, 0.1) is 7.11 Å². The van der Waals surface area contributed by atoms with Crippen molar-refractivity contribution in [3.63, 3.8) is 0 Å². The molecule has 110 valence electrons. The Bertz CT molecular complexity index is 346. The first kappa shape index (κ1) is 18.4. The molecule has 19 heavy (non-hydrogen) atoms. The Morgan fingerprint density at radius 2 is 2.05 bits per heavy atom. The van der Waals surface area contributed by atoms with Crippen molar-refractivity contribution in [2.45, 2.75) is 12.8 Å². The van der Waals surface area contributed by atoms with Gasteiger partial charge in [0.2, 0.25) is 0 Å². The van der Waals surface area contributed by atoms with Crippen LogP contribution >= 0.6 is 24.8 Å². The van der Waals surface area contributed by atoms with Crippen LogP contribution in [0, 0.1) is 0 Å². The van der Waals surface area contributed by atoms with E-state index in [1.165, 1.54) is 31.6 Å². The van der Waals surface area contributed by atoms with Crippen molar-refractivity contribution < 1.29 is 4.74 Å². The molecule has 0 unspecified atom stereocenters. The van der Waals surface area contributed by atoms with E-state index in [1.807, 2.05) is 12.3 Å². The van der Waals surface area contributed by atoms with Crippen LogP contribution in [0.4, 0.5) is 0 Å². The molecular weight excluding hydrogens is 285 g/mol.